The standard InChI is InChI=1S/C22H27N3O4/c1-3-14(2)23-20(27)17-10-6-7-11-18(17)24-19(26)12-13-25-21(28)15-8-4-5-9-16(15)22(25)29/h4-7,10-11,14-16H,3,8-9,12-13H2,1-2H3,(H,23,27)(H,24,26)/t14-,15-,16+/m1/s1. The summed E-state index contributed by atoms with van der Waals surface area (Å²) in [6.45, 7) is 3.94. The van der Waals surface area contributed by atoms with Gasteiger partial charge in [-0.3, -0.25) is 24.1 Å². The molecule has 29 heavy (non-hydrogen) atoms. The first kappa shape index (κ1) is 20.8. The molecule has 0 bridgehead atoms. The number of rotatable bonds is 7. The summed E-state index contributed by atoms with van der Waals surface area (Å²) in [5.41, 5.74) is 0.793. The van der Waals surface area contributed by atoms with E-state index in [2.05, 4.69) is 10.6 Å². The first-order valence-corrected chi connectivity index (χ1v) is 10.1. The molecule has 7 heteroatoms. The molecule has 1 aliphatic heterocycles. The largest absolute Gasteiger partial charge is 0.350 e. The van der Waals surface area contributed by atoms with Crippen LogP contribution in [-0.4, -0.2) is 41.1 Å². The Kier molecular flexibility index (Phi) is 6.46. The van der Waals surface area contributed by atoms with Gasteiger partial charge in [0.1, 0.15) is 0 Å². The average Bonchev–Trinajstić information content (AvgIpc) is 2.97. The highest BCUT2D eigenvalue weighted by Crippen LogP contribution is 2.35. The number of anilines is 1. The van der Waals surface area contributed by atoms with Crippen molar-refractivity contribution in [3.8, 4) is 0 Å². The van der Waals surface area contributed by atoms with Crippen molar-refractivity contribution >= 4 is 29.3 Å². The van der Waals surface area contributed by atoms with Crippen molar-refractivity contribution < 1.29 is 19.2 Å². The molecule has 1 aromatic rings. The lowest BCUT2D eigenvalue weighted by Crippen LogP contribution is -2.34. The minimum Gasteiger partial charge on any atom is -0.350 e. The van der Waals surface area contributed by atoms with E-state index in [4.69, 9.17) is 0 Å². The fourth-order valence-corrected chi connectivity index (χ4v) is 3.71. The van der Waals surface area contributed by atoms with Gasteiger partial charge < -0.3 is 10.6 Å². The molecule has 1 aromatic carbocycles. The number of para-hydroxylation sites is 1. The van der Waals surface area contributed by atoms with E-state index in [-0.39, 0.29) is 54.5 Å². The first-order chi connectivity index (χ1) is 13.9. The molecule has 1 heterocycles. The van der Waals surface area contributed by atoms with Crippen molar-refractivity contribution in [3.63, 3.8) is 0 Å². The van der Waals surface area contributed by atoms with Crippen molar-refractivity contribution in [1.82, 2.24) is 10.2 Å². The molecule has 154 valence electrons. The lowest BCUT2D eigenvalue weighted by molar-refractivity contribution is -0.140. The van der Waals surface area contributed by atoms with E-state index in [0.29, 0.717) is 24.1 Å². The highest BCUT2D eigenvalue weighted by molar-refractivity contribution is 6.06. The van der Waals surface area contributed by atoms with Crippen molar-refractivity contribution in [2.75, 3.05) is 11.9 Å². The van der Waals surface area contributed by atoms with Crippen LogP contribution in [0.4, 0.5) is 5.69 Å². The number of imide groups is 1. The lowest BCUT2D eigenvalue weighted by atomic mass is 9.85. The summed E-state index contributed by atoms with van der Waals surface area (Å²) in [7, 11) is 0. The Morgan fingerprint density at radius 3 is 2.34 bits per heavy atom. The molecular formula is C22H27N3O4. The lowest BCUT2D eigenvalue weighted by Gasteiger charge is -2.16. The molecule has 0 radical (unpaired) electrons. The summed E-state index contributed by atoms with van der Waals surface area (Å²) in [6.07, 6.45) is 5.82. The summed E-state index contributed by atoms with van der Waals surface area (Å²) in [5.74, 6) is -1.56. The Labute approximate surface area is 170 Å². The van der Waals surface area contributed by atoms with Gasteiger partial charge in [0.15, 0.2) is 0 Å². The zero-order valence-corrected chi connectivity index (χ0v) is 16.8. The molecule has 7 nitrogen and oxygen atoms in total. The second-order valence-corrected chi connectivity index (χ2v) is 7.61. The molecule has 1 aliphatic carbocycles. The van der Waals surface area contributed by atoms with E-state index < -0.39 is 0 Å². The van der Waals surface area contributed by atoms with Crippen molar-refractivity contribution in [3.05, 3.63) is 42.0 Å². The molecule has 4 amide bonds. The van der Waals surface area contributed by atoms with Gasteiger partial charge in [0, 0.05) is 19.0 Å². The Morgan fingerprint density at radius 2 is 1.72 bits per heavy atom. The maximum Gasteiger partial charge on any atom is 0.253 e. The molecular weight excluding hydrogens is 370 g/mol. The number of carbonyl (C=O) groups is 4. The summed E-state index contributed by atoms with van der Waals surface area (Å²) in [4.78, 5) is 51.1. The van der Waals surface area contributed by atoms with Gasteiger partial charge >= 0.3 is 0 Å². The van der Waals surface area contributed by atoms with E-state index >= 15 is 0 Å². The first-order valence-electron chi connectivity index (χ1n) is 10.1. The third kappa shape index (κ3) is 4.55. The third-order valence-electron chi connectivity index (χ3n) is 5.60. The molecule has 3 atom stereocenters. The van der Waals surface area contributed by atoms with Gasteiger partial charge in [0.25, 0.3) is 5.91 Å². The van der Waals surface area contributed by atoms with Crippen LogP contribution < -0.4 is 10.6 Å². The van der Waals surface area contributed by atoms with Crippen molar-refractivity contribution in [1.29, 1.82) is 0 Å². The molecule has 3 rings (SSSR count). The normalized spacial score (nSPS) is 21.7. The van der Waals surface area contributed by atoms with Crippen molar-refractivity contribution in [2.45, 2.75) is 45.6 Å². The maximum atomic E-state index is 12.5. The number of likely N-dealkylation sites (tertiary alicyclic amines) is 1. The van der Waals surface area contributed by atoms with Gasteiger partial charge in [0.05, 0.1) is 23.1 Å². The highest BCUT2D eigenvalue weighted by atomic mass is 16.2. The molecule has 1 fully saturated rings. The Bertz CT molecular complexity index is 822. The van der Waals surface area contributed by atoms with Crippen LogP contribution in [0.1, 0.15) is 49.9 Å². The zero-order chi connectivity index (χ0) is 21.0. The fraction of sp³-hybridized carbons (Fsp3) is 0.455. The summed E-state index contributed by atoms with van der Waals surface area (Å²) < 4.78 is 0. The molecule has 0 aromatic heterocycles. The smallest absolute Gasteiger partial charge is 0.253 e. The van der Waals surface area contributed by atoms with Crippen LogP contribution in [0.5, 0.6) is 0 Å². The number of benzene rings is 1. The topological polar surface area (TPSA) is 95.6 Å². The number of fused-ring (bicyclic) bond motifs is 1. The molecule has 1 saturated heterocycles. The number of hydrogen-bond acceptors (Lipinski definition) is 4. The van der Waals surface area contributed by atoms with Crippen LogP contribution in [0.3, 0.4) is 0 Å². The van der Waals surface area contributed by atoms with Crippen LogP contribution in [0.25, 0.3) is 0 Å². The van der Waals surface area contributed by atoms with Crippen molar-refractivity contribution in [2.24, 2.45) is 11.8 Å². The Morgan fingerprint density at radius 1 is 1.10 bits per heavy atom. The van der Waals surface area contributed by atoms with Gasteiger partial charge in [-0.25, -0.2) is 0 Å². The number of hydrogen-bond donors (Lipinski definition) is 2. The molecule has 2 N–H and O–H groups in total. The second kappa shape index (κ2) is 9.03. The van der Waals surface area contributed by atoms with Crippen LogP contribution >= 0.6 is 0 Å². The predicted molar refractivity (Wildman–Crippen MR) is 109 cm³/mol. The fourth-order valence-electron chi connectivity index (χ4n) is 3.71. The van der Waals surface area contributed by atoms with Crippen LogP contribution in [0, 0.1) is 11.8 Å². The summed E-state index contributed by atoms with van der Waals surface area (Å²) in [6, 6.07) is 6.81. The van der Waals surface area contributed by atoms with E-state index in [1.165, 1.54) is 4.90 Å². The van der Waals surface area contributed by atoms with Crippen LogP contribution in [0.15, 0.2) is 36.4 Å². The minimum atomic E-state index is -0.345. The average molecular weight is 397 g/mol. The molecule has 0 saturated carbocycles. The molecule has 0 spiro atoms. The number of allylic oxidation sites excluding steroid dienone is 2. The van der Waals surface area contributed by atoms with E-state index in [1.807, 2.05) is 26.0 Å². The minimum absolute atomic E-state index is 0.00827. The Hall–Kier alpha value is -2.96. The third-order valence-corrected chi connectivity index (χ3v) is 5.60. The zero-order valence-electron chi connectivity index (χ0n) is 16.8. The summed E-state index contributed by atoms with van der Waals surface area (Å²) in [5, 5.41) is 5.62. The van der Waals surface area contributed by atoms with Gasteiger partial charge in [-0.1, -0.05) is 31.2 Å². The van der Waals surface area contributed by atoms with Gasteiger partial charge in [-0.15, -0.1) is 0 Å². The van der Waals surface area contributed by atoms with Crippen LogP contribution in [-0.2, 0) is 14.4 Å². The Balaban J connectivity index is 1.60. The number of nitrogens with one attached hydrogen (secondary N) is 2. The predicted octanol–water partition coefficient (Wildman–Crippen LogP) is 2.49. The molecule has 0 unspecified atom stereocenters. The van der Waals surface area contributed by atoms with Gasteiger partial charge in [-0.2, -0.15) is 0 Å². The second-order valence-electron chi connectivity index (χ2n) is 7.61. The van der Waals surface area contributed by atoms with Gasteiger partial charge in [0.2, 0.25) is 17.7 Å². The van der Waals surface area contributed by atoms with E-state index in [0.717, 1.165) is 6.42 Å². The van der Waals surface area contributed by atoms with Crippen LogP contribution in [0.2, 0.25) is 0 Å². The van der Waals surface area contributed by atoms with E-state index in [9.17, 15) is 19.2 Å². The number of amides is 4. The molecule has 2 aliphatic rings. The number of nitrogens with zero attached hydrogens (tertiary/aromatic N) is 1. The van der Waals surface area contributed by atoms with E-state index in [1.54, 1.807) is 24.3 Å². The SMILES string of the molecule is CC[C@@H](C)NC(=O)c1ccccc1NC(=O)CCN1C(=O)[C@H]2CC=CC[C@H]2C1=O. The maximum absolute atomic E-state index is 12.5. The summed E-state index contributed by atoms with van der Waals surface area (Å²) >= 11 is 0. The monoisotopic (exact) mass is 397 g/mol. The highest BCUT2D eigenvalue weighted by Gasteiger charge is 2.46. The number of carbonyl (C=O) groups excluding carboxylic acids is 4. The quantitative estimate of drug-likeness (QED) is 0.546. The van der Waals surface area contributed by atoms with Gasteiger partial charge in [-0.05, 0) is 38.3 Å².